The molecular formula is C21H21FN4. The van der Waals surface area contributed by atoms with Crippen molar-refractivity contribution in [3.8, 4) is 0 Å². The molecule has 4 rings (SSSR count). The first kappa shape index (κ1) is 16.5. The van der Waals surface area contributed by atoms with E-state index < -0.39 is 0 Å². The third-order valence-corrected chi connectivity index (χ3v) is 4.65. The number of nitrogens with one attached hydrogen (secondary N) is 1. The van der Waals surface area contributed by atoms with E-state index in [-0.39, 0.29) is 5.82 Å². The van der Waals surface area contributed by atoms with Crippen molar-refractivity contribution in [3.63, 3.8) is 0 Å². The van der Waals surface area contributed by atoms with Gasteiger partial charge in [-0.25, -0.2) is 9.37 Å². The van der Waals surface area contributed by atoms with Crippen LogP contribution < -0.4 is 10.2 Å². The number of anilines is 3. The minimum atomic E-state index is -0.164. The van der Waals surface area contributed by atoms with Crippen LogP contribution in [0.1, 0.15) is 17.5 Å². The Balaban J connectivity index is 1.47. The van der Waals surface area contributed by atoms with Crippen LogP contribution in [-0.4, -0.2) is 23.1 Å². The van der Waals surface area contributed by atoms with Crippen LogP contribution in [-0.2, 0) is 12.8 Å². The zero-order valence-corrected chi connectivity index (χ0v) is 14.5. The molecule has 3 aromatic rings. The van der Waals surface area contributed by atoms with Crippen LogP contribution in [0.5, 0.6) is 0 Å². The lowest BCUT2D eigenvalue weighted by Gasteiger charge is -2.29. The highest BCUT2D eigenvalue weighted by atomic mass is 19.1. The Morgan fingerprint density at radius 1 is 1.04 bits per heavy atom. The molecule has 0 unspecified atom stereocenters. The average molecular weight is 348 g/mol. The Bertz CT molecular complexity index is 896. The Kier molecular flexibility index (Phi) is 4.78. The van der Waals surface area contributed by atoms with Crippen LogP contribution in [0.15, 0.2) is 60.8 Å². The van der Waals surface area contributed by atoms with E-state index in [9.17, 15) is 4.39 Å². The van der Waals surface area contributed by atoms with Gasteiger partial charge in [-0.2, -0.15) is 4.98 Å². The van der Waals surface area contributed by atoms with E-state index in [1.807, 2.05) is 24.3 Å². The Labute approximate surface area is 152 Å². The largest absolute Gasteiger partial charge is 0.370 e. The van der Waals surface area contributed by atoms with Crippen molar-refractivity contribution in [1.29, 1.82) is 0 Å². The number of hydrogen-bond acceptors (Lipinski definition) is 4. The third kappa shape index (κ3) is 3.52. The topological polar surface area (TPSA) is 41.1 Å². The lowest BCUT2D eigenvalue weighted by molar-refractivity contribution is 0.610. The van der Waals surface area contributed by atoms with Crippen molar-refractivity contribution >= 4 is 17.5 Å². The summed E-state index contributed by atoms with van der Waals surface area (Å²) >= 11 is 0. The summed E-state index contributed by atoms with van der Waals surface area (Å²) in [6, 6.07) is 17.1. The van der Waals surface area contributed by atoms with Gasteiger partial charge in [0.1, 0.15) is 11.6 Å². The predicted molar refractivity (Wildman–Crippen MR) is 102 cm³/mol. The molecule has 1 N–H and O–H groups in total. The molecule has 0 radical (unpaired) electrons. The first-order valence-electron chi connectivity index (χ1n) is 8.97. The molecule has 2 aromatic carbocycles. The van der Waals surface area contributed by atoms with Crippen LogP contribution in [0.25, 0.3) is 0 Å². The summed E-state index contributed by atoms with van der Waals surface area (Å²) in [6.45, 7) is 1.53. The zero-order valence-electron chi connectivity index (χ0n) is 14.5. The zero-order chi connectivity index (χ0) is 17.8. The van der Waals surface area contributed by atoms with Gasteiger partial charge >= 0.3 is 0 Å². The van der Waals surface area contributed by atoms with Crippen molar-refractivity contribution in [3.05, 3.63) is 77.7 Å². The standard InChI is InChI=1S/C21H21FN4/c22-18-9-3-1-6-16(18)11-13-23-20-12-14-24-21(25-20)26-15-5-8-17-7-2-4-10-19(17)26/h1-4,6-7,9-10,12,14H,5,8,11,13,15H2,(H,23,24,25). The van der Waals surface area contributed by atoms with Crippen molar-refractivity contribution in [2.24, 2.45) is 0 Å². The summed E-state index contributed by atoms with van der Waals surface area (Å²) < 4.78 is 13.7. The summed E-state index contributed by atoms with van der Waals surface area (Å²) in [5.41, 5.74) is 3.22. The van der Waals surface area contributed by atoms with Crippen LogP contribution in [0, 0.1) is 5.82 Å². The average Bonchev–Trinajstić information content (AvgIpc) is 2.69. The van der Waals surface area contributed by atoms with Gasteiger partial charge in [0.15, 0.2) is 0 Å². The number of fused-ring (bicyclic) bond motifs is 1. The minimum absolute atomic E-state index is 0.164. The fourth-order valence-corrected chi connectivity index (χ4v) is 3.34. The molecule has 5 heteroatoms. The highest BCUT2D eigenvalue weighted by molar-refractivity contribution is 5.64. The molecule has 0 aliphatic carbocycles. The molecule has 0 bridgehead atoms. The number of aryl methyl sites for hydroxylation is 1. The molecule has 26 heavy (non-hydrogen) atoms. The molecule has 0 saturated carbocycles. The van der Waals surface area contributed by atoms with Crippen LogP contribution in [0.4, 0.5) is 21.8 Å². The lowest BCUT2D eigenvalue weighted by Crippen LogP contribution is -2.26. The SMILES string of the molecule is Fc1ccccc1CCNc1ccnc(N2CCCc3ccccc32)n1. The molecule has 0 fully saturated rings. The number of hydrogen-bond donors (Lipinski definition) is 1. The monoisotopic (exact) mass is 348 g/mol. The second kappa shape index (κ2) is 7.52. The molecule has 1 aliphatic heterocycles. The highest BCUT2D eigenvalue weighted by Crippen LogP contribution is 2.31. The van der Waals surface area contributed by atoms with Gasteiger partial charge in [0, 0.05) is 25.0 Å². The second-order valence-corrected chi connectivity index (χ2v) is 6.39. The van der Waals surface area contributed by atoms with Gasteiger partial charge in [-0.05, 0) is 48.6 Å². The number of para-hydroxylation sites is 1. The van der Waals surface area contributed by atoms with E-state index in [0.29, 0.717) is 24.5 Å². The maximum atomic E-state index is 13.7. The molecule has 0 amide bonds. The molecule has 2 heterocycles. The smallest absolute Gasteiger partial charge is 0.231 e. The molecule has 0 atom stereocenters. The third-order valence-electron chi connectivity index (χ3n) is 4.65. The van der Waals surface area contributed by atoms with Gasteiger partial charge in [-0.3, -0.25) is 0 Å². The molecular weight excluding hydrogens is 327 g/mol. The normalized spacial score (nSPS) is 13.3. The summed E-state index contributed by atoms with van der Waals surface area (Å²) in [5, 5.41) is 3.28. The van der Waals surface area contributed by atoms with Crippen LogP contribution in [0.3, 0.4) is 0 Å². The van der Waals surface area contributed by atoms with Gasteiger partial charge in [-0.15, -0.1) is 0 Å². The Morgan fingerprint density at radius 3 is 2.81 bits per heavy atom. The predicted octanol–water partition coefficient (Wildman–Crippen LogP) is 4.35. The van der Waals surface area contributed by atoms with E-state index in [4.69, 9.17) is 0 Å². The molecule has 1 aliphatic rings. The van der Waals surface area contributed by atoms with Gasteiger partial charge in [0.25, 0.3) is 0 Å². The molecule has 0 saturated heterocycles. The maximum absolute atomic E-state index is 13.7. The Hall–Kier alpha value is -2.95. The summed E-state index contributed by atoms with van der Waals surface area (Å²) in [7, 11) is 0. The number of halogens is 1. The lowest BCUT2D eigenvalue weighted by atomic mass is 10.0. The molecule has 0 spiro atoms. The Morgan fingerprint density at radius 2 is 1.88 bits per heavy atom. The van der Waals surface area contributed by atoms with Crippen LogP contribution in [0.2, 0.25) is 0 Å². The first-order chi connectivity index (χ1) is 12.8. The number of benzene rings is 2. The number of aromatic nitrogens is 2. The van der Waals surface area contributed by atoms with Gasteiger partial charge < -0.3 is 10.2 Å². The van der Waals surface area contributed by atoms with Gasteiger partial charge in [-0.1, -0.05) is 36.4 Å². The quantitative estimate of drug-likeness (QED) is 0.744. The fraction of sp³-hybridized carbons (Fsp3) is 0.238. The number of rotatable bonds is 5. The van der Waals surface area contributed by atoms with E-state index >= 15 is 0 Å². The van der Waals surface area contributed by atoms with Gasteiger partial charge in [0.2, 0.25) is 5.95 Å². The van der Waals surface area contributed by atoms with E-state index in [2.05, 4.69) is 38.4 Å². The van der Waals surface area contributed by atoms with Crippen molar-refractivity contribution in [1.82, 2.24) is 9.97 Å². The second-order valence-electron chi connectivity index (χ2n) is 6.39. The summed E-state index contributed by atoms with van der Waals surface area (Å²) in [4.78, 5) is 11.3. The van der Waals surface area contributed by atoms with Crippen molar-refractivity contribution < 1.29 is 4.39 Å². The van der Waals surface area contributed by atoms with E-state index in [1.54, 1.807) is 12.3 Å². The van der Waals surface area contributed by atoms with Crippen molar-refractivity contribution in [2.75, 3.05) is 23.3 Å². The van der Waals surface area contributed by atoms with Crippen LogP contribution >= 0.6 is 0 Å². The number of nitrogens with zero attached hydrogens (tertiary/aromatic N) is 3. The maximum Gasteiger partial charge on any atom is 0.231 e. The summed E-state index contributed by atoms with van der Waals surface area (Å²) in [6.07, 6.45) is 4.56. The molecule has 1 aromatic heterocycles. The minimum Gasteiger partial charge on any atom is -0.370 e. The molecule has 4 nitrogen and oxygen atoms in total. The fourth-order valence-electron chi connectivity index (χ4n) is 3.34. The highest BCUT2D eigenvalue weighted by Gasteiger charge is 2.19. The summed E-state index contributed by atoms with van der Waals surface area (Å²) in [5.74, 6) is 1.30. The first-order valence-corrected chi connectivity index (χ1v) is 8.97. The van der Waals surface area contributed by atoms with E-state index in [1.165, 1.54) is 17.3 Å². The van der Waals surface area contributed by atoms with Gasteiger partial charge in [0.05, 0.1) is 0 Å². The van der Waals surface area contributed by atoms with E-state index in [0.717, 1.165) is 25.2 Å². The molecule has 132 valence electrons. The van der Waals surface area contributed by atoms with Crippen molar-refractivity contribution in [2.45, 2.75) is 19.3 Å².